The van der Waals surface area contributed by atoms with E-state index >= 15 is 0 Å². The first kappa shape index (κ1) is 41.9. The van der Waals surface area contributed by atoms with Gasteiger partial charge in [0.05, 0.1) is 26.1 Å². The summed E-state index contributed by atoms with van der Waals surface area (Å²) in [4.78, 5) is 53.2. The van der Waals surface area contributed by atoms with Crippen LogP contribution in [0.2, 0.25) is 0 Å². The predicted molar refractivity (Wildman–Crippen MR) is 213 cm³/mol. The Labute approximate surface area is 336 Å². The smallest absolute Gasteiger partial charge is 0.324 e. The second-order valence-electron chi connectivity index (χ2n) is 20.4. The van der Waals surface area contributed by atoms with Crippen LogP contribution in [-0.2, 0) is 38.1 Å². The molecule has 0 aromatic carbocycles. The molecule has 7 aliphatic rings. The molecule has 10 heteroatoms. The summed E-state index contributed by atoms with van der Waals surface area (Å²) in [6, 6.07) is -1.39. The van der Waals surface area contributed by atoms with E-state index in [9.17, 15) is 19.2 Å². The Balaban J connectivity index is 0.842. The fourth-order valence-corrected chi connectivity index (χ4v) is 12.4. The number of esters is 4. The summed E-state index contributed by atoms with van der Waals surface area (Å²) < 4.78 is 23.5. The SMILES string of the molecule is CC1(CNC(CC(=O)OC2CCCCC2)C(=O)OCC2CCC(COC(=O)CC(NCC3(C)CC4CCC3C4)C(=O)OC3CCCCC3)CC2)CC2CCC1C2. The van der Waals surface area contributed by atoms with Crippen molar-refractivity contribution in [1.82, 2.24) is 10.6 Å². The quantitative estimate of drug-likeness (QED) is 0.104. The fraction of sp³-hybridized carbons (Fsp3) is 0.913. The van der Waals surface area contributed by atoms with Crippen molar-refractivity contribution in [2.24, 2.45) is 46.3 Å². The number of carbonyl (C=O) groups excluding carboxylic acids is 4. The molecule has 0 amide bonds. The minimum Gasteiger partial charge on any atom is -0.465 e. The van der Waals surface area contributed by atoms with Gasteiger partial charge >= 0.3 is 23.9 Å². The van der Waals surface area contributed by atoms with Gasteiger partial charge in [0.2, 0.25) is 0 Å². The molecule has 10 nitrogen and oxygen atoms in total. The van der Waals surface area contributed by atoms with Crippen molar-refractivity contribution in [3.63, 3.8) is 0 Å². The average molecular weight is 783 g/mol. The van der Waals surface area contributed by atoms with Gasteiger partial charge in [0.1, 0.15) is 24.3 Å². The molecule has 0 radical (unpaired) electrons. The molecular weight excluding hydrogens is 709 g/mol. The monoisotopic (exact) mass is 783 g/mol. The number of hydrogen-bond donors (Lipinski definition) is 2. The van der Waals surface area contributed by atoms with E-state index in [2.05, 4.69) is 24.5 Å². The van der Waals surface area contributed by atoms with Crippen LogP contribution in [0.25, 0.3) is 0 Å². The summed E-state index contributed by atoms with van der Waals surface area (Å²) in [6.45, 7) is 6.79. The molecule has 56 heavy (non-hydrogen) atoms. The number of fused-ring (bicyclic) bond motifs is 4. The molecule has 0 spiro atoms. The lowest BCUT2D eigenvalue weighted by Crippen LogP contribution is -2.47. The van der Waals surface area contributed by atoms with Crippen LogP contribution in [0.4, 0.5) is 0 Å². The van der Waals surface area contributed by atoms with Crippen molar-refractivity contribution in [3.8, 4) is 0 Å². The first-order valence-electron chi connectivity index (χ1n) is 23.2. The summed E-state index contributed by atoms with van der Waals surface area (Å²) in [7, 11) is 0. The predicted octanol–water partition coefficient (Wildman–Crippen LogP) is 7.98. The molecular formula is C46H74N2O8. The standard InChI is InChI=1S/C46H74N2O8/c1-45(25-33-17-19-35(45)21-33)29-47-39(24-42(50)55-37-9-5-3-6-10-37)43(51)54-28-32-15-13-31(14-16-32)27-53-41(49)23-40(44(52)56-38-11-7-4-8-12-38)48-30-46(2)26-34-18-20-36(46)22-34/h31-40,47-48H,3-30H2,1-2H3. The van der Waals surface area contributed by atoms with Gasteiger partial charge in [0, 0.05) is 13.1 Å². The summed E-state index contributed by atoms with van der Waals surface area (Å²) in [6.07, 6.45) is 23.9. The van der Waals surface area contributed by atoms with Gasteiger partial charge in [-0.25, -0.2) is 0 Å². The largest absolute Gasteiger partial charge is 0.465 e. The molecule has 8 atom stereocenters. The van der Waals surface area contributed by atoms with Gasteiger partial charge < -0.3 is 29.6 Å². The third kappa shape index (κ3) is 11.1. The zero-order valence-electron chi connectivity index (χ0n) is 34.8. The molecule has 8 unspecified atom stereocenters. The lowest BCUT2D eigenvalue weighted by atomic mass is 9.74. The lowest BCUT2D eigenvalue weighted by Gasteiger charge is -2.35. The molecule has 316 valence electrons. The van der Waals surface area contributed by atoms with Gasteiger partial charge in [-0.15, -0.1) is 0 Å². The minimum atomic E-state index is -0.702. The highest BCUT2D eigenvalue weighted by Gasteiger charge is 2.49. The molecule has 0 aromatic heterocycles. The topological polar surface area (TPSA) is 129 Å². The van der Waals surface area contributed by atoms with Gasteiger partial charge in [0.15, 0.2) is 0 Å². The van der Waals surface area contributed by atoms with Crippen molar-refractivity contribution >= 4 is 23.9 Å². The molecule has 7 saturated carbocycles. The molecule has 0 aromatic rings. The third-order valence-corrected chi connectivity index (χ3v) is 16.0. The van der Waals surface area contributed by atoms with Crippen LogP contribution in [0.1, 0.15) is 168 Å². The average Bonchev–Trinajstić information content (AvgIpc) is 4.00. The Morgan fingerprint density at radius 3 is 1.48 bits per heavy atom. The lowest BCUT2D eigenvalue weighted by molar-refractivity contribution is -0.158. The van der Waals surface area contributed by atoms with Crippen LogP contribution in [0.5, 0.6) is 0 Å². The summed E-state index contributed by atoms with van der Waals surface area (Å²) >= 11 is 0. The molecule has 7 aliphatic carbocycles. The van der Waals surface area contributed by atoms with Crippen molar-refractivity contribution in [1.29, 1.82) is 0 Å². The normalized spacial score (nSPS) is 35.5. The van der Waals surface area contributed by atoms with Gasteiger partial charge in [-0.05, 0) is 162 Å². The van der Waals surface area contributed by atoms with E-state index in [0.29, 0.717) is 31.6 Å². The Morgan fingerprint density at radius 2 is 1.00 bits per heavy atom. The van der Waals surface area contributed by atoms with Crippen molar-refractivity contribution < 1.29 is 38.1 Å². The molecule has 7 fully saturated rings. The van der Waals surface area contributed by atoms with Gasteiger partial charge in [-0.2, -0.15) is 0 Å². The highest BCUT2D eigenvalue weighted by atomic mass is 16.6. The van der Waals surface area contributed by atoms with Gasteiger partial charge in [-0.3, -0.25) is 19.2 Å². The molecule has 0 saturated heterocycles. The van der Waals surface area contributed by atoms with E-state index in [1.807, 2.05) is 0 Å². The summed E-state index contributed by atoms with van der Waals surface area (Å²) in [5.74, 6) is 2.12. The van der Waals surface area contributed by atoms with Crippen LogP contribution >= 0.6 is 0 Å². The molecule has 0 aliphatic heterocycles. The Morgan fingerprint density at radius 1 is 0.536 bits per heavy atom. The second kappa shape index (κ2) is 19.2. The summed E-state index contributed by atoms with van der Waals surface area (Å²) in [5, 5.41) is 6.98. The number of hydrogen-bond acceptors (Lipinski definition) is 10. The fourth-order valence-electron chi connectivity index (χ4n) is 12.4. The second-order valence-corrected chi connectivity index (χ2v) is 20.4. The van der Waals surface area contributed by atoms with Gasteiger partial charge in [-0.1, -0.05) is 39.5 Å². The van der Waals surface area contributed by atoms with Crippen LogP contribution in [0.3, 0.4) is 0 Å². The summed E-state index contributed by atoms with van der Waals surface area (Å²) in [5.41, 5.74) is 0.314. The highest BCUT2D eigenvalue weighted by Crippen LogP contribution is 2.56. The van der Waals surface area contributed by atoms with Crippen LogP contribution in [0, 0.1) is 46.3 Å². The van der Waals surface area contributed by atoms with Crippen LogP contribution in [-0.4, -0.2) is 74.5 Å². The van der Waals surface area contributed by atoms with E-state index in [-0.39, 0.29) is 71.6 Å². The van der Waals surface area contributed by atoms with E-state index in [4.69, 9.17) is 18.9 Å². The highest BCUT2D eigenvalue weighted by molar-refractivity contribution is 5.83. The maximum absolute atomic E-state index is 13.6. The Hall–Kier alpha value is -2.20. The van der Waals surface area contributed by atoms with Crippen molar-refractivity contribution in [3.05, 3.63) is 0 Å². The number of ether oxygens (including phenoxy) is 4. The van der Waals surface area contributed by atoms with Crippen LogP contribution in [0.15, 0.2) is 0 Å². The maximum atomic E-state index is 13.6. The molecule has 7 rings (SSSR count). The van der Waals surface area contributed by atoms with E-state index < -0.39 is 12.1 Å². The first-order valence-corrected chi connectivity index (χ1v) is 23.2. The zero-order chi connectivity index (χ0) is 39.1. The third-order valence-electron chi connectivity index (χ3n) is 16.0. The van der Waals surface area contributed by atoms with Gasteiger partial charge in [0.25, 0.3) is 0 Å². The molecule has 2 N–H and O–H groups in total. The van der Waals surface area contributed by atoms with E-state index in [0.717, 1.165) is 95.4 Å². The Kier molecular flexibility index (Phi) is 14.4. The zero-order valence-corrected chi connectivity index (χ0v) is 34.8. The van der Waals surface area contributed by atoms with Crippen molar-refractivity contribution in [2.45, 2.75) is 192 Å². The molecule has 4 bridgehead atoms. The maximum Gasteiger partial charge on any atom is 0.324 e. The Bertz CT molecular complexity index is 1340. The van der Waals surface area contributed by atoms with E-state index in [1.165, 1.54) is 64.2 Å². The number of nitrogens with one attached hydrogen (secondary N) is 2. The number of rotatable bonds is 18. The first-order chi connectivity index (χ1) is 27.0. The minimum absolute atomic E-state index is 0.00655. The van der Waals surface area contributed by atoms with E-state index in [1.54, 1.807) is 0 Å². The van der Waals surface area contributed by atoms with Crippen molar-refractivity contribution in [2.75, 3.05) is 26.3 Å². The number of carbonyl (C=O) groups is 4. The van der Waals surface area contributed by atoms with Crippen LogP contribution < -0.4 is 10.6 Å². The molecule has 0 heterocycles.